The number of nitrogens with zero attached hydrogens (tertiary/aromatic N) is 2. The second-order valence-electron chi connectivity index (χ2n) is 10.7. The number of rotatable bonds is 5. The summed E-state index contributed by atoms with van der Waals surface area (Å²) >= 11 is 0. The zero-order valence-corrected chi connectivity index (χ0v) is 21.7. The fraction of sp³-hybridized carbons (Fsp3) is 0.583. The summed E-state index contributed by atoms with van der Waals surface area (Å²) in [5.41, 5.74) is 1.53. The van der Waals surface area contributed by atoms with Gasteiger partial charge < -0.3 is 13.7 Å². The number of para-hydroxylation sites is 1. The van der Waals surface area contributed by atoms with Gasteiger partial charge in [0, 0.05) is 24.4 Å². The Labute approximate surface area is 187 Å². The van der Waals surface area contributed by atoms with Gasteiger partial charge in [0.1, 0.15) is 11.6 Å². The summed E-state index contributed by atoms with van der Waals surface area (Å²) in [5, 5.41) is 1.24. The molecule has 1 heterocycles. The van der Waals surface area contributed by atoms with Crippen LogP contribution in [-0.4, -0.2) is 55.2 Å². The number of methoxy groups -OCH3 is 1. The topological polar surface area (TPSA) is 60.8 Å². The van der Waals surface area contributed by atoms with E-state index in [0.29, 0.717) is 6.42 Å². The van der Waals surface area contributed by atoms with Gasteiger partial charge in [-0.15, -0.1) is 0 Å². The molecule has 6 nitrogen and oxygen atoms in total. The third-order valence-electron chi connectivity index (χ3n) is 6.27. The smallest absolute Gasteiger partial charge is 0.410 e. The van der Waals surface area contributed by atoms with Gasteiger partial charge in [0.05, 0.1) is 7.11 Å². The lowest BCUT2D eigenvalue weighted by Gasteiger charge is -2.38. The lowest BCUT2D eigenvalue weighted by atomic mass is 10.0. The Hall–Kier alpha value is -2.28. The lowest BCUT2D eigenvalue weighted by Crippen LogP contribution is -2.46. The molecule has 0 radical (unpaired) electrons. The molecular weight excluding hydrogens is 408 g/mol. The molecule has 31 heavy (non-hydrogen) atoms. The van der Waals surface area contributed by atoms with Crippen molar-refractivity contribution in [2.24, 2.45) is 0 Å². The molecule has 7 heteroatoms. The summed E-state index contributed by atoms with van der Waals surface area (Å²) in [6.45, 7) is 17.0. The van der Waals surface area contributed by atoms with Gasteiger partial charge in [-0.05, 0) is 43.6 Å². The number of likely N-dealkylation sites (N-methyl/N-ethyl adjacent to an activating group) is 1. The van der Waals surface area contributed by atoms with Crippen molar-refractivity contribution in [3.63, 3.8) is 0 Å². The van der Waals surface area contributed by atoms with Crippen molar-refractivity contribution in [3.05, 3.63) is 36.0 Å². The Morgan fingerprint density at radius 1 is 1.10 bits per heavy atom. The molecule has 2 rings (SSSR count). The van der Waals surface area contributed by atoms with Crippen LogP contribution < -0.4 is 0 Å². The maximum Gasteiger partial charge on any atom is 0.410 e. The largest absolute Gasteiger partial charge is 0.467 e. The number of amides is 1. The number of benzene rings is 1. The van der Waals surface area contributed by atoms with Gasteiger partial charge in [-0.25, -0.2) is 9.59 Å². The molecule has 0 bridgehead atoms. The number of esters is 1. The van der Waals surface area contributed by atoms with E-state index in [1.54, 1.807) is 27.8 Å². The van der Waals surface area contributed by atoms with Crippen LogP contribution in [0.5, 0.6) is 0 Å². The molecule has 0 saturated heterocycles. The molecular formula is C24H38N2O4Si. The highest BCUT2D eigenvalue weighted by molar-refractivity contribution is 6.79. The molecule has 0 N–H and O–H groups in total. The summed E-state index contributed by atoms with van der Waals surface area (Å²) in [6.07, 6.45) is 1.97. The molecule has 0 spiro atoms. The van der Waals surface area contributed by atoms with Gasteiger partial charge in [-0.2, -0.15) is 0 Å². The fourth-order valence-electron chi connectivity index (χ4n) is 3.42. The highest BCUT2D eigenvalue weighted by atomic mass is 28.3. The molecule has 0 saturated carbocycles. The first-order valence-electron chi connectivity index (χ1n) is 10.7. The van der Waals surface area contributed by atoms with Crippen LogP contribution in [0.25, 0.3) is 10.9 Å². The van der Waals surface area contributed by atoms with Crippen LogP contribution in [-0.2, 0) is 20.7 Å². The minimum absolute atomic E-state index is 0.140. The molecule has 1 aromatic carbocycles. The average Bonchev–Trinajstić information content (AvgIpc) is 3.02. The van der Waals surface area contributed by atoms with Gasteiger partial charge in [0.2, 0.25) is 0 Å². The summed E-state index contributed by atoms with van der Waals surface area (Å²) in [7, 11) is 1.03. The van der Waals surface area contributed by atoms with Crippen molar-refractivity contribution >= 4 is 31.2 Å². The molecule has 0 aliphatic rings. The van der Waals surface area contributed by atoms with Crippen LogP contribution in [0, 0.1) is 0 Å². The third kappa shape index (κ3) is 5.32. The molecule has 1 aromatic heterocycles. The van der Waals surface area contributed by atoms with E-state index in [-0.39, 0.29) is 5.04 Å². The Morgan fingerprint density at radius 3 is 2.19 bits per heavy atom. The van der Waals surface area contributed by atoms with Crippen molar-refractivity contribution in [3.8, 4) is 0 Å². The van der Waals surface area contributed by atoms with Crippen LogP contribution in [0.3, 0.4) is 0 Å². The minimum Gasteiger partial charge on any atom is -0.467 e. The van der Waals surface area contributed by atoms with Crippen molar-refractivity contribution in [2.45, 2.75) is 77.7 Å². The van der Waals surface area contributed by atoms with E-state index in [9.17, 15) is 9.59 Å². The quantitative estimate of drug-likeness (QED) is 0.453. The third-order valence-corrected chi connectivity index (χ3v) is 11.5. The van der Waals surface area contributed by atoms with Crippen molar-refractivity contribution < 1.29 is 19.1 Å². The maximum atomic E-state index is 12.7. The molecule has 1 atom stereocenters. The second-order valence-corrected chi connectivity index (χ2v) is 15.8. The number of ether oxygens (including phenoxy) is 2. The molecule has 0 fully saturated rings. The first-order chi connectivity index (χ1) is 14.1. The van der Waals surface area contributed by atoms with Crippen molar-refractivity contribution in [1.29, 1.82) is 0 Å². The number of hydrogen-bond donors (Lipinski definition) is 0. The van der Waals surface area contributed by atoms with E-state index < -0.39 is 31.9 Å². The zero-order chi connectivity index (χ0) is 23.8. The van der Waals surface area contributed by atoms with Crippen molar-refractivity contribution in [2.75, 3.05) is 14.2 Å². The van der Waals surface area contributed by atoms with Crippen LogP contribution in [0.1, 0.15) is 47.1 Å². The number of aromatic nitrogens is 1. The number of hydrogen-bond acceptors (Lipinski definition) is 4. The van der Waals surface area contributed by atoms with Crippen molar-refractivity contribution in [1.82, 2.24) is 9.13 Å². The van der Waals surface area contributed by atoms with E-state index in [1.807, 2.05) is 12.1 Å². The Kier molecular flexibility index (Phi) is 7.00. The maximum absolute atomic E-state index is 12.7. The Balaban J connectivity index is 2.52. The lowest BCUT2D eigenvalue weighted by molar-refractivity contribution is -0.146. The molecule has 1 amide bonds. The summed E-state index contributed by atoms with van der Waals surface area (Å²) in [6, 6.07) is 7.48. The molecule has 2 aromatic rings. The summed E-state index contributed by atoms with van der Waals surface area (Å²) in [5.74, 6) is -0.461. The molecule has 172 valence electrons. The molecule has 0 unspecified atom stereocenters. The fourth-order valence-corrected chi connectivity index (χ4v) is 5.42. The van der Waals surface area contributed by atoms with Gasteiger partial charge in [0.25, 0.3) is 0 Å². The summed E-state index contributed by atoms with van der Waals surface area (Å²) in [4.78, 5) is 26.7. The van der Waals surface area contributed by atoms with Gasteiger partial charge >= 0.3 is 12.1 Å². The standard InChI is InChI=1S/C24H38N2O4Si/c1-23(2,3)30-22(28)25(7)20(21(27)29-8)15-17-16-26(31(9,10)24(4,5)6)19-14-12-11-13-18(17)19/h11-14,16,20H,15H2,1-10H3/t20-/m1/s1. The SMILES string of the molecule is COC(=O)[C@@H](Cc1cn([Si](C)(C)C(C)(C)C)c2ccccc12)N(C)C(=O)OC(C)(C)C. The molecule has 0 aliphatic heterocycles. The second kappa shape index (κ2) is 8.69. The monoisotopic (exact) mass is 446 g/mol. The van der Waals surface area contributed by atoms with E-state index in [4.69, 9.17) is 9.47 Å². The normalized spacial score (nSPS) is 13.7. The van der Waals surface area contributed by atoms with E-state index in [1.165, 1.54) is 12.0 Å². The number of fused-ring (bicyclic) bond motifs is 1. The Bertz CT molecular complexity index is 951. The molecule has 0 aliphatic carbocycles. The van der Waals surface area contributed by atoms with Gasteiger partial charge in [-0.1, -0.05) is 52.1 Å². The first-order valence-corrected chi connectivity index (χ1v) is 13.7. The highest BCUT2D eigenvalue weighted by Crippen LogP contribution is 2.40. The van der Waals surface area contributed by atoms with E-state index in [2.05, 4.69) is 56.4 Å². The summed E-state index contributed by atoms with van der Waals surface area (Å²) < 4.78 is 12.9. The van der Waals surface area contributed by atoms with Crippen LogP contribution >= 0.6 is 0 Å². The predicted octanol–water partition coefficient (Wildman–Crippen LogP) is 5.45. The predicted molar refractivity (Wildman–Crippen MR) is 128 cm³/mol. The van der Waals surface area contributed by atoms with E-state index >= 15 is 0 Å². The van der Waals surface area contributed by atoms with Crippen LogP contribution in [0.15, 0.2) is 30.5 Å². The van der Waals surface area contributed by atoms with Crippen LogP contribution in [0.4, 0.5) is 4.79 Å². The van der Waals surface area contributed by atoms with E-state index in [0.717, 1.165) is 16.5 Å². The minimum atomic E-state index is -1.90. The number of carbonyl (C=O) groups excluding carboxylic acids is 2. The van der Waals surface area contributed by atoms with Crippen LogP contribution in [0.2, 0.25) is 18.1 Å². The zero-order valence-electron chi connectivity index (χ0n) is 20.7. The van der Waals surface area contributed by atoms with Gasteiger partial charge in [-0.3, -0.25) is 4.90 Å². The first kappa shape index (κ1) is 25.0. The highest BCUT2D eigenvalue weighted by Gasteiger charge is 2.39. The van der Waals surface area contributed by atoms with Gasteiger partial charge in [0.15, 0.2) is 8.24 Å². The average molecular weight is 447 g/mol. The number of carbonyl (C=O) groups is 2. The Morgan fingerprint density at radius 2 is 1.68 bits per heavy atom.